The molecular formula is C15H17ClN4O3S3. The molecule has 1 N–H and O–H groups in total. The number of sulfonamides is 1. The number of nitrogens with zero attached hydrogens (tertiary/aromatic N) is 3. The summed E-state index contributed by atoms with van der Waals surface area (Å²) in [6, 6.07) is 4.18. The topological polar surface area (TPSA) is 92.3 Å². The van der Waals surface area contributed by atoms with E-state index in [1.54, 1.807) is 0 Å². The Bertz CT molecular complexity index is 911. The van der Waals surface area contributed by atoms with Crippen molar-refractivity contribution in [3.8, 4) is 0 Å². The first kappa shape index (κ1) is 19.6. The van der Waals surface area contributed by atoms with Crippen LogP contribution in [0.5, 0.6) is 0 Å². The number of nitrogens with one attached hydrogen (secondary N) is 1. The molecule has 3 rings (SSSR count). The summed E-state index contributed by atoms with van der Waals surface area (Å²) >= 11 is 8.77. The largest absolute Gasteiger partial charge is 0.296 e. The van der Waals surface area contributed by atoms with Gasteiger partial charge in [0.05, 0.1) is 15.5 Å². The second-order valence-corrected chi connectivity index (χ2v) is 10.0. The van der Waals surface area contributed by atoms with Gasteiger partial charge in [-0.2, -0.15) is 4.31 Å². The van der Waals surface area contributed by atoms with E-state index < -0.39 is 15.9 Å². The fraction of sp³-hybridized carbons (Fsp3) is 0.400. The standard InChI is InChI=1S/C15H17ClN4O3S3/c1-24-15-19-18-14(25-15)17-13(21)11-9-10(5-6-12(11)16)26(22,23)20-7-3-2-4-8-20/h5-6,9H,2-4,7-8H2,1H3,(H,17,18,21). The fourth-order valence-electron chi connectivity index (χ4n) is 2.60. The van der Waals surface area contributed by atoms with Gasteiger partial charge >= 0.3 is 0 Å². The number of aromatic nitrogens is 2. The molecule has 0 bridgehead atoms. The van der Waals surface area contributed by atoms with Crippen LogP contribution < -0.4 is 5.32 Å². The summed E-state index contributed by atoms with van der Waals surface area (Å²) in [6.45, 7) is 0.990. The lowest BCUT2D eigenvalue weighted by atomic mass is 10.2. The van der Waals surface area contributed by atoms with Gasteiger partial charge in [0.25, 0.3) is 5.91 Å². The van der Waals surface area contributed by atoms with E-state index in [2.05, 4.69) is 15.5 Å². The first-order chi connectivity index (χ1) is 12.4. The lowest BCUT2D eigenvalue weighted by molar-refractivity contribution is 0.102. The first-order valence-electron chi connectivity index (χ1n) is 7.90. The van der Waals surface area contributed by atoms with Crippen molar-refractivity contribution < 1.29 is 13.2 Å². The minimum atomic E-state index is -3.64. The van der Waals surface area contributed by atoms with Crippen LogP contribution >= 0.6 is 34.7 Å². The van der Waals surface area contributed by atoms with Crippen molar-refractivity contribution in [2.75, 3.05) is 24.7 Å². The van der Waals surface area contributed by atoms with Crippen LogP contribution in [0.15, 0.2) is 27.4 Å². The summed E-state index contributed by atoms with van der Waals surface area (Å²) in [7, 11) is -3.64. The SMILES string of the molecule is CSc1nnc(NC(=O)c2cc(S(=O)(=O)N3CCCCC3)ccc2Cl)s1. The minimum absolute atomic E-state index is 0.0658. The molecule has 0 aliphatic carbocycles. The predicted molar refractivity (Wildman–Crippen MR) is 104 cm³/mol. The molecule has 1 amide bonds. The predicted octanol–water partition coefficient (Wildman–Crippen LogP) is 3.34. The Kier molecular flexibility index (Phi) is 6.18. The smallest absolute Gasteiger partial charge is 0.259 e. The van der Waals surface area contributed by atoms with Crippen molar-refractivity contribution in [1.82, 2.24) is 14.5 Å². The highest BCUT2D eigenvalue weighted by atomic mass is 35.5. The van der Waals surface area contributed by atoms with Gasteiger partial charge in [0.1, 0.15) is 0 Å². The molecule has 7 nitrogen and oxygen atoms in total. The zero-order chi connectivity index (χ0) is 18.7. The minimum Gasteiger partial charge on any atom is -0.296 e. The number of piperidine rings is 1. The van der Waals surface area contributed by atoms with Crippen molar-refractivity contribution in [2.24, 2.45) is 0 Å². The summed E-state index contributed by atoms with van der Waals surface area (Å²) < 4.78 is 27.8. The van der Waals surface area contributed by atoms with Crippen LogP contribution in [0.2, 0.25) is 5.02 Å². The third-order valence-corrected chi connectivity index (χ3v) is 7.98. The molecular weight excluding hydrogens is 416 g/mol. The van der Waals surface area contributed by atoms with Crippen LogP contribution in [-0.4, -0.2) is 48.2 Å². The van der Waals surface area contributed by atoms with Crippen LogP contribution in [0.3, 0.4) is 0 Å². The lowest BCUT2D eigenvalue weighted by Gasteiger charge is -2.26. The molecule has 1 aromatic carbocycles. The number of thioether (sulfide) groups is 1. The summed E-state index contributed by atoms with van der Waals surface area (Å²) in [5.41, 5.74) is 0.0886. The van der Waals surface area contributed by atoms with E-state index >= 15 is 0 Å². The number of amides is 1. The van der Waals surface area contributed by atoms with E-state index in [9.17, 15) is 13.2 Å². The maximum absolute atomic E-state index is 12.8. The molecule has 1 aromatic heterocycles. The van der Waals surface area contributed by atoms with Gasteiger partial charge in [0, 0.05) is 13.1 Å². The van der Waals surface area contributed by atoms with Gasteiger partial charge in [-0.25, -0.2) is 8.42 Å². The molecule has 0 radical (unpaired) electrons. The van der Waals surface area contributed by atoms with Gasteiger partial charge in [-0.15, -0.1) is 10.2 Å². The van der Waals surface area contributed by atoms with Gasteiger partial charge in [0.2, 0.25) is 15.2 Å². The number of rotatable bonds is 5. The molecule has 1 aliphatic heterocycles. The van der Waals surface area contributed by atoms with E-state index in [1.165, 1.54) is 45.6 Å². The van der Waals surface area contributed by atoms with Gasteiger partial charge in [-0.05, 0) is 37.3 Å². The van der Waals surface area contributed by atoms with E-state index in [-0.39, 0.29) is 15.5 Å². The number of carbonyl (C=O) groups is 1. The number of benzene rings is 1. The van der Waals surface area contributed by atoms with Gasteiger partial charge in [-0.1, -0.05) is 41.1 Å². The Morgan fingerprint density at radius 1 is 1.27 bits per heavy atom. The molecule has 2 heterocycles. The fourth-order valence-corrected chi connectivity index (χ4v) is 5.51. The Hall–Kier alpha value is -1.20. The van der Waals surface area contributed by atoms with Crippen LogP contribution in [0.4, 0.5) is 5.13 Å². The molecule has 140 valence electrons. The summed E-state index contributed by atoms with van der Waals surface area (Å²) in [6.07, 6.45) is 4.57. The molecule has 0 unspecified atom stereocenters. The van der Waals surface area contributed by atoms with Crippen LogP contribution in [0, 0.1) is 0 Å². The molecule has 0 spiro atoms. The quantitative estimate of drug-likeness (QED) is 0.575. The van der Waals surface area contributed by atoms with E-state index in [1.807, 2.05) is 6.26 Å². The number of hydrogen-bond acceptors (Lipinski definition) is 7. The van der Waals surface area contributed by atoms with Crippen molar-refractivity contribution in [3.05, 3.63) is 28.8 Å². The average Bonchev–Trinajstić information content (AvgIpc) is 3.10. The van der Waals surface area contributed by atoms with Crippen molar-refractivity contribution >= 4 is 55.8 Å². The number of carbonyl (C=O) groups excluding carboxylic acids is 1. The van der Waals surface area contributed by atoms with Crippen molar-refractivity contribution in [1.29, 1.82) is 0 Å². The van der Waals surface area contributed by atoms with Crippen molar-refractivity contribution in [3.63, 3.8) is 0 Å². The van der Waals surface area contributed by atoms with Gasteiger partial charge < -0.3 is 0 Å². The Morgan fingerprint density at radius 3 is 2.65 bits per heavy atom. The summed E-state index contributed by atoms with van der Waals surface area (Å²) in [5, 5.41) is 10.9. The highest BCUT2D eigenvalue weighted by Crippen LogP contribution is 2.27. The number of hydrogen-bond donors (Lipinski definition) is 1. The normalized spacial score (nSPS) is 15.8. The first-order valence-corrected chi connectivity index (χ1v) is 11.8. The third kappa shape index (κ3) is 4.20. The lowest BCUT2D eigenvalue weighted by Crippen LogP contribution is -2.35. The Balaban J connectivity index is 1.86. The molecule has 1 aliphatic rings. The van der Waals surface area contributed by atoms with Crippen molar-refractivity contribution in [2.45, 2.75) is 28.5 Å². The molecule has 0 saturated carbocycles. The third-order valence-electron chi connectivity index (χ3n) is 3.94. The van der Waals surface area contributed by atoms with Crippen LogP contribution in [0.25, 0.3) is 0 Å². The van der Waals surface area contributed by atoms with Crippen LogP contribution in [0.1, 0.15) is 29.6 Å². The highest BCUT2D eigenvalue weighted by Gasteiger charge is 2.27. The van der Waals surface area contributed by atoms with Gasteiger partial charge in [-0.3, -0.25) is 10.1 Å². The van der Waals surface area contributed by atoms with E-state index in [0.29, 0.717) is 22.6 Å². The van der Waals surface area contributed by atoms with Crippen LogP contribution in [-0.2, 0) is 10.0 Å². The molecule has 1 saturated heterocycles. The highest BCUT2D eigenvalue weighted by molar-refractivity contribution is 8.00. The molecule has 0 atom stereocenters. The number of halogens is 1. The number of anilines is 1. The second-order valence-electron chi connectivity index (χ2n) is 5.64. The monoisotopic (exact) mass is 432 g/mol. The molecule has 2 aromatic rings. The summed E-state index contributed by atoms with van der Waals surface area (Å²) in [5.74, 6) is -0.519. The zero-order valence-corrected chi connectivity index (χ0v) is 17.1. The molecule has 11 heteroatoms. The molecule has 1 fully saturated rings. The molecule has 26 heavy (non-hydrogen) atoms. The van der Waals surface area contributed by atoms with E-state index in [0.717, 1.165) is 19.3 Å². The maximum Gasteiger partial charge on any atom is 0.259 e. The maximum atomic E-state index is 12.8. The second kappa shape index (κ2) is 8.22. The van der Waals surface area contributed by atoms with Gasteiger partial charge in [0.15, 0.2) is 4.34 Å². The zero-order valence-electron chi connectivity index (χ0n) is 13.9. The summed E-state index contributed by atoms with van der Waals surface area (Å²) in [4.78, 5) is 12.6. The Labute approximate surface area is 165 Å². The average molecular weight is 433 g/mol. The Morgan fingerprint density at radius 2 is 2.00 bits per heavy atom. The van der Waals surface area contributed by atoms with E-state index in [4.69, 9.17) is 11.6 Å².